The molecule has 0 N–H and O–H groups in total. The van der Waals surface area contributed by atoms with Crippen LogP contribution in [-0.4, -0.2) is 30.9 Å². The van der Waals surface area contributed by atoms with Gasteiger partial charge in [0.15, 0.2) is 0 Å². The van der Waals surface area contributed by atoms with Gasteiger partial charge in [0.05, 0.1) is 0 Å². The van der Waals surface area contributed by atoms with Gasteiger partial charge in [-0.3, -0.25) is 4.79 Å². The highest BCUT2D eigenvalue weighted by atomic mass is 19.1. The second-order valence-corrected chi connectivity index (χ2v) is 6.79. The molecule has 2 aromatic carbocycles. The van der Waals surface area contributed by atoms with Crippen molar-refractivity contribution in [3.8, 4) is 0 Å². The Balaban J connectivity index is 1.55. The lowest BCUT2D eigenvalue weighted by Gasteiger charge is -2.29. The summed E-state index contributed by atoms with van der Waals surface area (Å²) in [5.74, 6) is -0.354. The summed E-state index contributed by atoms with van der Waals surface area (Å²) in [6, 6.07) is 14.6. The molecular weight excluding hydrogens is 327 g/mol. The van der Waals surface area contributed by atoms with E-state index in [2.05, 4.69) is 29.2 Å². The average molecular weight is 352 g/mol. The fourth-order valence-electron chi connectivity index (χ4n) is 3.18. The smallest absolute Gasteiger partial charge is 0.246 e. The molecule has 136 valence electrons. The Kier molecular flexibility index (Phi) is 6.05. The fourth-order valence-corrected chi connectivity index (χ4v) is 3.18. The molecule has 1 fully saturated rings. The first-order valence-electron chi connectivity index (χ1n) is 9.14. The third-order valence-corrected chi connectivity index (χ3v) is 4.74. The van der Waals surface area contributed by atoms with Crippen LogP contribution in [0.4, 0.5) is 10.1 Å². The Bertz CT molecular complexity index is 747. The number of nitrogens with zero attached hydrogens (tertiary/aromatic N) is 2. The number of halogens is 1. The zero-order valence-electron chi connectivity index (χ0n) is 15.2. The molecule has 0 aromatic heterocycles. The fraction of sp³-hybridized carbons (Fsp3) is 0.318. The first-order valence-corrected chi connectivity index (χ1v) is 9.14. The summed E-state index contributed by atoms with van der Waals surface area (Å²) in [4.78, 5) is 16.4. The van der Waals surface area contributed by atoms with E-state index < -0.39 is 0 Å². The largest absolute Gasteiger partial charge is 0.372 e. The molecule has 0 radical (unpaired) electrons. The van der Waals surface area contributed by atoms with Crippen molar-refractivity contribution in [3.05, 3.63) is 71.6 Å². The van der Waals surface area contributed by atoms with Gasteiger partial charge < -0.3 is 9.80 Å². The SMILES string of the molecule is CN(Cc1ccc(N2CCCCC2)cc1)C(=O)C=Cc1ccc(F)cc1. The highest BCUT2D eigenvalue weighted by Crippen LogP contribution is 2.20. The molecule has 1 amide bonds. The normalized spacial score (nSPS) is 14.6. The maximum atomic E-state index is 12.9. The Morgan fingerprint density at radius 1 is 1.04 bits per heavy atom. The summed E-state index contributed by atoms with van der Waals surface area (Å²) in [6.07, 6.45) is 7.08. The van der Waals surface area contributed by atoms with Gasteiger partial charge in [-0.05, 0) is 60.7 Å². The lowest BCUT2D eigenvalue weighted by Crippen LogP contribution is -2.29. The lowest BCUT2D eigenvalue weighted by atomic mass is 10.1. The van der Waals surface area contributed by atoms with E-state index in [1.54, 1.807) is 30.2 Å². The van der Waals surface area contributed by atoms with Crippen molar-refractivity contribution >= 4 is 17.7 Å². The van der Waals surface area contributed by atoms with Crippen LogP contribution in [0.5, 0.6) is 0 Å². The number of likely N-dealkylation sites (N-methyl/N-ethyl adjacent to an activating group) is 1. The van der Waals surface area contributed by atoms with Gasteiger partial charge in [0.1, 0.15) is 5.82 Å². The van der Waals surface area contributed by atoms with Crippen LogP contribution in [0.2, 0.25) is 0 Å². The number of rotatable bonds is 5. The van der Waals surface area contributed by atoms with E-state index in [1.165, 1.54) is 43.2 Å². The summed E-state index contributed by atoms with van der Waals surface area (Å²) < 4.78 is 12.9. The number of carbonyl (C=O) groups excluding carboxylic acids is 1. The molecule has 0 spiro atoms. The summed E-state index contributed by atoms with van der Waals surface area (Å²) in [6.45, 7) is 2.82. The van der Waals surface area contributed by atoms with Crippen LogP contribution in [0.15, 0.2) is 54.6 Å². The van der Waals surface area contributed by atoms with Crippen molar-refractivity contribution < 1.29 is 9.18 Å². The number of hydrogen-bond donors (Lipinski definition) is 0. The van der Waals surface area contributed by atoms with Gasteiger partial charge in [-0.1, -0.05) is 24.3 Å². The van der Waals surface area contributed by atoms with E-state index in [-0.39, 0.29) is 11.7 Å². The van der Waals surface area contributed by atoms with Crippen molar-refractivity contribution in [2.75, 3.05) is 25.0 Å². The predicted octanol–water partition coefficient (Wildman–Crippen LogP) is 4.49. The molecule has 3 rings (SSSR count). The Labute approximate surface area is 154 Å². The molecule has 0 atom stereocenters. The predicted molar refractivity (Wildman–Crippen MR) is 104 cm³/mol. The number of benzene rings is 2. The number of anilines is 1. The van der Waals surface area contributed by atoms with Gasteiger partial charge in [0, 0.05) is 38.4 Å². The molecule has 0 saturated carbocycles. The monoisotopic (exact) mass is 352 g/mol. The molecular formula is C22H25FN2O. The van der Waals surface area contributed by atoms with Crippen LogP contribution < -0.4 is 4.90 Å². The van der Waals surface area contributed by atoms with Crippen LogP contribution in [-0.2, 0) is 11.3 Å². The third-order valence-electron chi connectivity index (χ3n) is 4.74. The van der Waals surface area contributed by atoms with Crippen LogP contribution >= 0.6 is 0 Å². The molecule has 1 aliphatic heterocycles. The molecule has 1 saturated heterocycles. The second kappa shape index (κ2) is 8.65. The number of piperidine rings is 1. The first-order chi connectivity index (χ1) is 12.6. The van der Waals surface area contributed by atoms with Gasteiger partial charge in [-0.25, -0.2) is 4.39 Å². The summed E-state index contributed by atoms with van der Waals surface area (Å²) in [5.41, 5.74) is 3.18. The summed E-state index contributed by atoms with van der Waals surface area (Å²) >= 11 is 0. The van der Waals surface area contributed by atoms with Crippen molar-refractivity contribution in [1.29, 1.82) is 0 Å². The third kappa shape index (κ3) is 4.94. The standard InChI is InChI=1S/C22H25FN2O/c1-24(22(26)14-9-18-5-10-20(23)11-6-18)17-19-7-12-21(13-8-19)25-15-3-2-4-16-25/h5-14H,2-4,15-17H2,1H3. The Morgan fingerprint density at radius 3 is 2.35 bits per heavy atom. The van der Waals surface area contributed by atoms with Gasteiger partial charge in [0.25, 0.3) is 0 Å². The zero-order valence-corrected chi connectivity index (χ0v) is 15.2. The maximum Gasteiger partial charge on any atom is 0.246 e. The van der Waals surface area contributed by atoms with Crippen LogP contribution in [0, 0.1) is 5.82 Å². The van der Waals surface area contributed by atoms with E-state index in [1.807, 2.05) is 0 Å². The van der Waals surface area contributed by atoms with E-state index in [9.17, 15) is 9.18 Å². The minimum atomic E-state index is -0.279. The Hall–Kier alpha value is -2.62. The van der Waals surface area contributed by atoms with Crippen LogP contribution in [0.1, 0.15) is 30.4 Å². The molecule has 0 unspecified atom stereocenters. The quantitative estimate of drug-likeness (QED) is 0.741. The van der Waals surface area contributed by atoms with E-state index in [4.69, 9.17) is 0 Å². The van der Waals surface area contributed by atoms with Gasteiger partial charge in [-0.15, -0.1) is 0 Å². The van der Waals surface area contributed by atoms with E-state index in [0.29, 0.717) is 6.54 Å². The lowest BCUT2D eigenvalue weighted by molar-refractivity contribution is -0.125. The molecule has 2 aromatic rings. The van der Waals surface area contributed by atoms with Gasteiger partial charge in [0.2, 0.25) is 5.91 Å². The minimum Gasteiger partial charge on any atom is -0.372 e. The van der Waals surface area contributed by atoms with Gasteiger partial charge in [-0.2, -0.15) is 0 Å². The topological polar surface area (TPSA) is 23.6 Å². The highest BCUT2D eigenvalue weighted by molar-refractivity contribution is 5.91. The van der Waals surface area contributed by atoms with E-state index in [0.717, 1.165) is 24.2 Å². The molecule has 0 aliphatic carbocycles. The van der Waals surface area contributed by atoms with Crippen LogP contribution in [0.25, 0.3) is 6.08 Å². The first kappa shape index (κ1) is 18.2. The van der Waals surface area contributed by atoms with Crippen molar-refractivity contribution in [2.24, 2.45) is 0 Å². The zero-order chi connectivity index (χ0) is 18.4. The molecule has 26 heavy (non-hydrogen) atoms. The number of amides is 1. The maximum absolute atomic E-state index is 12.9. The summed E-state index contributed by atoms with van der Waals surface area (Å²) in [7, 11) is 1.79. The number of hydrogen-bond acceptors (Lipinski definition) is 2. The minimum absolute atomic E-state index is 0.0746. The number of carbonyl (C=O) groups is 1. The van der Waals surface area contributed by atoms with Crippen molar-refractivity contribution in [3.63, 3.8) is 0 Å². The molecule has 0 bridgehead atoms. The highest BCUT2D eigenvalue weighted by Gasteiger charge is 2.11. The average Bonchev–Trinajstić information content (AvgIpc) is 2.68. The molecule has 1 heterocycles. The van der Waals surface area contributed by atoms with Gasteiger partial charge >= 0.3 is 0 Å². The van der Waals surface area contributed by atoms with E-state index >= 15 is 0 Å². The summed E-state index contributed by atoms with van der Waals surface area (Å²) in [5, 5.41) is 0. The molecule has 4 heteroatoms. The Morgan fingerprint density at radius 2 is 1.69 bits per heavy atom. The van der Waals surface area contributed by atoms with Crippen LogP contribution in [0.3, 0.4) is 0 Å². The molecule has 3 nitrogen and oxygen atoms in total. The van der Waals surface area contributed by atoms with Crippen molar-refractivity contribution in [1.82, 2.24) is 4.90 Å². The van der Waals surface area contributed by atoms with Crippen molar-refractivity contribution in [2.45, 2.75) is 25.8 Å². The molecule has 1 aliphatic rings. The second-order valence-electron chi connectivity index (χ2n) is 6.79.